The minimum Gasteiger partial charge on any atom is -0.497 e. The highest BCUT2D eigenvalue weighted by Gasteiger charge is 2.14. The summed E-state index contributed by atoms with van der Waals surface area (Å²) < 4.78 is 11.8. The van der Waals surface area contributed by atoms with Crippen molar-refractivity contribution in [2.24, 2.45) is 0 Å². The van der Waals surface area contributed by atoms with Crippen LogP contribution in [0, 0.1) is 0 Å². The molecule has 1 heterocycles. The van der Waals surface area contributed by atoms with Crippen LogP contribution in [-0.4, -0.2) is 41.4 Å². The predicted octanol–water partition coefficient (Wildman–Crippen LogP) is 3.40. The first-order chi connectivity index (χ1) is 13.6. The Morgan fingerprint density at radius 2 is 1.86 bits per heavy atom. The van der Waals surface area contributed by atoms with E-state index in [1.165, 1.54) is 18.9 Å². The molecule has 0 fully saturated rings. The Hall–Kier alpha value is -3.26. The zero-order chi connectivity index (χ0) is 19.9. The van der Waals surface area contributed by atoms with Crippen molar-refractivity contribution in [3.8, 4) is 11.4 Å². The van der Waals surface area contributed by atoms with Crippen LogP contribution in [0.15, 0.2) is 66.1 Å². The molecular formula is C20H19N3O4S. The average molecular weight is 397 g/mol. The number of para-hydroxylation sites is 1. The van der Waals surface area contributed by atoms with Gasteiger partial charge in [0.2, 0.25) is 5.91 Å². The van der Waals surface area contributed by atoms with Crippen molar-refractivity contribution < 1.29 is 19.1 Å². The van der Waals surface area contributed by atoms with Gasteiger partial charge in [-0.25, -0.2) is 9.78 Å². The first-order valence-corrected chi connectivity index (χ1v) is 9.38. The van der Waals surface area contributed by atoms with Gasteiger partial charge >= 0.3 is 5.97 Å². The second-order valence-electron chi connectivity index (χ2n) is 5.65. The summed E-state index contributed by atoms with van der Waals surface area (Å²) in [4.78, 5) is 28.5. The molecule has 0 spiro atoms. The minimum absolute atomic E-state index is 0.142. The fourth-order valence-corrected chi connectivity index (χ4v) is 3.31. The molecule has 3 rings (SSSR count). The summed E-state index contributed by atoms with van der Waals surface area (Å²) in [5.41, 5.74) is 1.64. The molecule has 0 atom stereocenters. The quantitative estimate of drug-likeness (QED) is 0.486. The third-order valence-electron chi connectivity index (χ3n) is 3.90. The lowest BCUT2D eigenvalue weighted by Crippen LogP contribution is -2.17. The number of carbonyl (C=O) groups is 2. The van der Waals surface area contributed by atoms with E-state index in [0.717, 1.165) is 11.4 Å². The molecule has 1 aromatic heterocycles. The first-order valence-electron chi connectivity index (χ1n) is 8.40. The lowest BCUT2D eigenvalue weighted by molar-refractivity contribution is -0.113. The van der Waals surface area contributed by atoms with Crippen LogP contribution in [0.25, 0.3) is 5.69 Å². The highest BCUT2D eigenvalue weighted by molar-refractivity contribution is 7.99. The normalized spacial score (nSPS) is 10.4. The zero-order valence-corrected chi connectivity index (χ0v) is 16.2. The number of carbonyl (C=O) groups excluding carboxylic acids is 2. The van der Waals surface area contributed by atoms with Crippen LogP contribution in [0.4, 0.5) is 5.69 Å². The molecule has 0 aliphatic heterocycles. The van der Waals surface area contributed by atoms with Crippen molar-refractivity contribution in [1.29, 1.82) is 0 Å². The van der Waals surface area contributed by atoms with Crippen molar-refractivity contribution in [3.05, 3.63) is 66.5 Å². The van der Waals surface area contributed by atoms with Gasteiger partial charge in [-0.1, -0.05) is 23.9 Å². The number of hydrogen-bond donors (Lipinski definition) is 1. The number of nitrogens with one attached hydrogen (secondary N) is 1. The van der Waals surface area contributed by atoms with Gasteiger partial charge in [-0.05, 0) is 36.4 Å². The summed E-state index contributed by atoms with van der Waals surface area (Å²) in [6.07, 6.45) is 3.51. The Kier molecular flexibility index (Phi) is 6.33. The van der Waals surface area contributed by atoms with Crippen molar-refractivity contribution in [2.45, 2.75) is 5.16 Å². The Bertz CT molecular complexity index is 970. The van der Waals surface area contributed by atoms with Gasteiger partial charge in [-0.3, -0.25) is 9.36 Å². The molecule has 1 N–H and O–H groups in total. The second kappa shape index (κ2) is 9.09. The molecule has 0 radical (unpaired) electrons. The van der Waals surface area contributed by atoms with Gasteiger partial charge in [0.1, 0.15) is 5.75 Å². The summed E-state index contributed by atoms with van der Waals surface area (Å²) in [7, 11) is 2.92. The lowest BCUT2D eigenvalue weighted by Gasteiger charge is -2.10. The minimum atomic E-state index is -0.501. The van der Waals surface area contributed by atoms with E-state index in [0.29, 0.717) is 16.4 Å². The first kappa shape index (κ1) is 19.5. The van der Waals surface area contributed by atoms with E-state index in [-0.39, 0.29) is 11.7 Å². The summed E-state index contributed by atoms with van der Waals surface area (Å²) in [5.74, 6) is 0.161. The Labute approximate surface area is 166 Å². The molecule has 0 aliphatic rings. The molecule has 0 unspecified atom stereocenters. The maximum absolute atomic E-state index is 12.4. The number of aromatic nitrogens is 2. The van der Waals surface area contributed by atoms with E-state index < -0.39 is 5.97 Å². The number of anilines is 1. The molecule has 0 aliphatic carbocycles. The van der Waals surface area contributed by atoms with Crippen LogP contribution >= 0.6 is 11.8 Å². The zero-order valence-electron chi connectivity index (χ0n) is 15.4. The highest BCUT2D eigenvalue weighted by Crippen LogP contribution is 2.23. The Morgan fingerprint density at radius 1 is 1.11 bits per heavy atom. The van der Waals surface area contributed by atoms with E-state index in [1.807, 2.05) is 35.0 Å². The molecule has 1 amide bonds. The summed E-state index contributed by atoms with van der Waals surface area (Å²) in [5, 5.41) is 3.43. The molecule has 8 heteroatoms. The van der Waals surface area contributed by atoms with Gasteiger partial charge < -0.3 is 14.8 Å². The lowest BCUT2D eigenvalue weighted by atomic mass is 10.2. The highest BCUT2D eigenvalue weighted by atomic mass is 32.2. The van der Waals surface area contributed by atoms with Crippen molar-refractivity contribution in [2.75, 3.05) is 25.3 Å². The fraction of sp³-hybridized carbons (Fsp3) is 0.150. The topological polar surface area (TPSA) is 82.5 Å². The van der Waals surface area contributed by atoms with E-state index >= 15 is 0 Å². The van der Waals surface area contributed by atoms with E-state index in [1.54, 1.807) is 37.6 Å². The van der Waals surface area contributed by atoms with Gasteiger partial charge in [0.25, 0.3) is 0 Å². The molecule has 144 valence electrons. The van der Waals surface area contributed by atoms with Crippen LogP contribution in [-0.2, 0) is 9.53 Å². The van der Waals surface area contributed by atoms with Gasteiger partial charge in [0.05, 0.1) is 31.2 Å². The molecule has 7 nitrogen and oxygen atoms in total. The summed E-state index contributed by atoms with van der Waals surface area (Å²) in [6, 6.07) is 14.3. The number of benzene rings is 2. The van der Waals surface area contributed by atoms with Gasteiger partial charge in [-0.2, -0.15) is 0 Å². The monoisotopic (exact) mass is 397 g/mol. The molecule has 28 heavy (non-hydrogen) atoms. The standard InChI is InChI=1S/C20H19N3O4S/c1-26-15-9-7-14(8-10-15)23-12-11-21-20(23)28-13-18(24)22-17-6-4-3-5-16(17)19(25)27-2/h3-12H,13H2,1-2H3,(H,22,24). The number of esters is 1. The third kappa shape index (κ3) is 4.52. The Morgan fingerprint density at radius 3 is 2.57 bits per heavy atom. The maximum Gasteiger partial charge on any atom is 0.339 e. The smallest absolute Gasteiger partial charge is 0.339 e. The van der Waals surface area contributed by atoms with Crippen LogP contribution < -0.4 is 10.1 Å². The molecule has 2 aromatic carbocycles. The van der Waals surface area contributed by atoms with Crippen molar-refractivity contribution >= 4 is 29.3 Å². The van der Waals surface area contributed by atoms with E-state index in [2.05, 4.69) is 10.3 Å². The van der Waals surface area contributed by atoms with Gasteiger partial charge in [0, 0.05) is 18.1 Å². The molecular weight excluding hydrogens is 378 g/mol. The van der Waals surface area contributed by atoms with Crippen LogP contribution in [0.1, 0.15) is 10.4 Å². The number of hydrogen-bond acceptors (Lipinski definition) is 6. The number of imidazole rings is 1. The number of methoxy groups -OCH3 is 2. The van der Waals surface area contributed by atoms with Crippen LogP contribution in [0.5, 0.6) is 5.75 Å². The molecule has 0 bridgehead atoms. The van der Waals surface area contributed by atoms with Crippen LogP contribution in [0.2, 0.25) is 0 Å². The van der Waals surface area contributed by atoms with Gasteiger partial charge in [0.15, 0.2) is 5.16 Å². The predicted molar refractivity (Wildman–Crippen MR) is 107 cm³/mol. The second-order valence-corrected chi connectivity index (χ2v) is 6.59. The van der Waals surface area contributed by atoms with Crippen molar-refractivity contribution in [3.63, 3.8) is 0 Å². The Balaban J connectivity index is 1.66. The van der Waals surface area contributed by atoms with Crippen LogP contribution in [0.3, 0.4) is 0 Å². The largest absolute Gasteiger partial charge is 0.497 e. The van der Waals surface area contributed by atoms with Crippen molar-refractivity contribution in [1.82, 2.24) is 9.55 Å². The number of thioether (sulfide) groups is 1. The fourth-order valence-electron chi connectivity index (χ4n) is 2.53. The van der Waals surface area contributed by atoms with E-state index in [4.69, 9.17) is 9.47 Å². The summed E-state index contributed by atoms with van der Waals surface area (Å²) in [6.45, 7) is 0. The number of nitrogens with zero attached hydrogens (tertiary/aromatic N) is 2. The molecule has 0 saturated heterocycles. The SMILES string of the molecule is COC(=O)c1ccccc1NC(=O)CSc1nccn1-c1ccc(OC)cc1. The van der Waals surface area contributed by atoms with Gasteiger partial charge in [-0.15, -0.1) is 0 Å². The molecule has 0 saturated carbocycles. The third-order valence-corrected chi connectivity index (χ3v) is 4.86. The number of rotatable bonds is 7. The van der Waals surface area contributed by atoms with E-state index in [9.17, 15) is 9.59 Å². The summed E-state index contributed by atoms with van der Waals surface area (Å²) >= 11 is 1.30. The number of ether oxygens (including phenoxy) is 2. The maximum atomic E-state index is 12.4. The average Bonchev–Trinajstić information content (AvgIpc) is 3.21. The number of amides is 1. The molecule has 3 aromatic rings.